The summed E-state index contributed by atoms with van der Waals surface area (Å²) in [5, 5.41) is 11.5. The minimum absolute atomic E-state index is 0.255. The molecule has 4 nitrogen and oxygen atoms in total. The number of aromatic nitrogens is 3. The molecule has 0 aliphatic carbocycles. The maximum atomic E-state index is 4.16. The molecule has 0 aliphatic rings. The Morgan fingerprint density at radius 1 is 1.18 bits per heavy atom. The summed E-state index contributed by atoms with van der Waals surface area (Å²) in [4.78, 5) is 0. The third kappa shape index (κ3) is 2.36. The third-order valence-electron chi connectivity index (χ3n) is 2.87. The molecule has 0 bridgehead atoms. The standard InChI is InChI=1S/C13H18N4/c1-10(2)13(14-3)12-9-15-16-17(12)11-7-5-4-6-8-11/h4-10,13-14H,1-3H3. The van der Waals surface area contributed by atoms with E-state index in [4.69, 9.17) is 0 Å². The summed E-state index contributed by atoms with van der Waals surface area (Å²) in [6.07, 6.45) is 1.83. The second-order valence-electron chi connectivity index (χ2n) is 4.42. The van der Waals surface area contributed by atoms with Crippen molar-refractivity contribution in [1.82, 2.24) is 20.3 Å². The summed E-state index contributed by atoms with van der Waals surface area (Å²) < 4.78 is 1.89. The molecule has 4 heteroatoms. The van der Waals surface area contributed by atoms with Gasteiger partial charge in [0.15, 0.2) is 0 Å². The molecule has 0 amide bonds. The Morgan fingerprint density at radius 3 is 2.47 bits per heavy atom. The van der Waals surface area contributed by atoms with Crippen LogP contribution in [0.25, 0.3) is 5.69 Å². The van der Waals surface area contributed by atoms with Crippen molar-refractivity contribution < 1.29 is 0 Å². The molecule has 90 valence electrons. The van der Waals surface area contributed by atoms with Crippen LogP contribution in [0.4, 0.5) is 0 Å². The van der Waals surface area contributed by atoms with Gasteiger partial charge in [-0.3, -0.25) is 0 Å². The van der Waals surface area contributed by atoms with Crippen molar-refractivity contribution in [1.29, 1.82) is 0 Å². The molecule has 1 aromatic heterocycles. The van der Waals surface area contributed by atoms with Gasteiger partial charge in [0, 0.05) is 0 Å². The first-order valence-electron chi connectivity index (χ1n) is 5.87. The van der Waals surface area contributed by atoms with Crippen LogP contribution in [-0.2, 0) is 0 Å². The van der Waals surface area contributed by atoms with E-state index >= 15 is 0 Å². The predicted molar refractivity (Wildman–Crippen MR) is 68.0 cm³/mol. The molecule has 0 saturated heterocycles. The average molecular weight is 230 g/mol. The number of para-hydroxylation sites is 1. The summed E-state index contributed by atoms with van der Waals surface area (Å²) in [5.41, 5.74) is 2.13. The molecule has 1 heterocycles. The van der Waals surface area contributed by atoms with Gasteiger partial charge in [-0.25, -0.2) is 4.68 Å². The van der Waals surface area contributed by atoms with Crippen LogP contribution in [0.1, 0.15) is 25.6 Å². The lowest BCUT2D eigenvalue weighted by molar-refractivity contribution is 0.424. The van der Waals surface area contributed by atoms with Crippen LogP contribution >= 0.6 is 0 Å². The maximum absolute atomic E-state index is 4.16. The van der Waals surface area contributed by atoms with Crippen molar-refractivity contribution in [2.45, 2.75) is 19.9 Å². The first-order chi connectivity index (χ1) is 8.24. The van der Waals surface area contributed by atoms with E-state index in [1.54, 1.807) is 0 Å². The third-order valence-corrected chi connectivity index (χ3v) is 2.87. The van der Waals surface area contributed by atoms with Crippen molar-refractivity contribution in [2.75, 3.05) is 7.05 Å². The number of hydrogen-bond donors (Lipinski definition) is 1. The predicted octanol–water partition coefficient (Wildman–Crippen LogP) is 2.18. The van der Waals surface area contributed by atoms with Crippen LogP contribution < -0.4 is 5.32 Å². The van der Waals surface area contributed by atoms with Crippen molar-refractivity contribution in [3.05, 3.63) is 42.2 Å². The summed E-state index contributed by atoms with van der Waals surface area (Å²) in [5.74, 6) is 0.487. The average Bonchev–Trinajstić information content (AvgIpc) is 2.80. The summed E-state index contributed by atoms with van der Waals surface area (Å²) in [6.45, 7) is 4.37. The molecule has 2 aromatic rings. The Hall–Kier alpha value is -1.68. The molecule has 0 saturated carbocycles. The smallest absolute Gasteiger partial charge is 0.0817 e. The minimum Gasteiger partial charge on any atom is -0.311 e. The lowest BCUT2D eigenvalue weighted by atomic mass is 10.0. The molecule has 17 heavy (non-hydrogen) atoms. The van der Waals surface area contributed by atoms with Gasteiger partial charge in [0.25, 0.3) is 0 Å². The summed E-state index contributed by atoms with van der Waals surface area (Å²) in [7, 11) is 1.97. The monoisotopic (exact) mass is 230 g/mol. The normalized spacial score (nSPS) is 12.9. The van der Waals surface area contributed by atoms with Crippen LogP contribution in [-0.4, -0.2) is 22.0 Å². The fraction of sp³-hybridized carbons (Fsp3) is 0.385. The van der Waals surface area contributed by atoms with Crippen molar-refractivity contribution in [3.63, 3.8) is 0 Å². The van der Waals surface area contributed by atoms with Crippen LogP contribution in [0.3, 0.4) is 0 Å². The van der Waals surface area contributed by atoms with E-state index in [0.717, 1.165) is 11.4 Å². The van der Waals surface area contributed by atoms with Crippen molar-refractivity contribution in [2.24, 2.45) is 5.92 Å². The van der Waals surface area contributed by atoms with Crippen LogP contribution in [0.2, 0.25) is 0 Å². The van der Waals surface area contributed by atoms with E-state index in [1.165, 1.54) is 0 Å². The maximum Gasteiger partial charge on any atom is 0.0817 e. The number of nitrogens with one attached hydrogen (secondary N) is 1. The SMILES string of the molecule is CNC(c1cnnn1-c1ccccc1)C(C)C. The number of rotatable bonds is 4. The molecule has 1 unspecified atom stereocenters. The largest absolute Gasteiger partial charge is 0.311 e. The van der Waals surface area contributed by atoms with E-state index in [1.807, 2.05) is 48.3 Å². The van der Waals surface area contributed by atoms with E-state index in [0.29, 0.717) is 5.92 Å². The number of nitrogens with zero attached hydrogens (tertiary/aromatic N) is 3. The molecule has 1 atom stereocenters. The zero-order chi connectivity index (χ0) is 12.3. The highest BCUT2D eigenvalue weighted by molar-refractivity contribution is 5.32. The minimum atomic E-state index is 0.255. The summed E-state index contributed by atoms with van der Waals surface area (Å²) >= 11 is 0. The number of benzene rings is 1. The Kier molecular flexibility index (Phi) is 3.54. The highest BCUT2D eigenvalue weighted by Crippen LogP contribution is 2.22. The molecular formula is C13H18N4. The van der Waals surface area contributed by atoms with Crippen LogP contribution in [0, 0.1) is 5.92 Å². The highest BCUT2D eigenvalue weighted by atomic mass is 15.4. The second-order valence-corrected chi connectivity index (χ2v) is 4.42. The quantitative estimate of drug-likeness (QED) is 0.875. The second kappa shape index (κ2) is 5.10. The lowest BCUT2D eigenvalue weighted by Crippen LogP contribution is -2.24. The molecule has 1 N–H and O–H groups in total. The first-order valence-corrected chi connectivity index (χ1v) is 5.87. The zero-order valence-corrected chi connectivity index (χ0v) is 10.5. The van der Waals surface area contributed by atoms with Gasteiger partial charge in [-0.2, -0.15) is 0 Å². The van der Waals surface area contributed by atoms with E-state index in [-0.39, 0.29) is 6.04 Å². The van der Waals surface area contributed by atoms with Gasteiger partial charge in [0.05, 0.1) is 23.6 Å². The first kappa shape index (κ1) is 11.8. The fourth-order valence-corrected chi connectivity index (χ4v) is 2.05. The van der Waals surface area contributed by atoms with E-state index in [2.05, 4.69) is 29.5 Å². The zero-order valence-electron chi connectivity index (χ0n) is 10.5. The van der Waals surface area contributed by atoms with Gasteiger partial charge in [0.2, 0.25) is 0 Å². The van der Waals surface area contributed by atoms with Crippen molar-refractivity contribution >= 4 is 0 Å². The summed E-state index contributed by atoms with van der Waals surface area (Å²) in [6, 6.07) is 10.3. The fourth-order valence-electron chi connectivity index (χ4n) is 2.05. The highest BCUT2D eigenvalue weighted by Gasteiger charge is 2.19. The topological polar surface area (TPSA) is 42.7 Å². The molecular weight excluding hydrogens is 212 g/mol. The molecule has 0 aliphatic heterocycles. The molecule has 2 rings (SSSR count). The molecule has 0 radical (unpaired) electrons. The molecule has 0 spiro atoms. The van der Waals surface area contributed by atoms with E-state index in [9.17, 15) is 0 Å². The van der Waals surface area contributed by atoms with Gasteiger partial charge >= 0.3 is 0 Å². The van der Waals surface area contributed by atoms with E-state index < -0.39 is 0 Å². The number of hydrogen-bond acceptors (Lipinski definition) is 3. The molecule has 1 aromatic carbocycles. The van der Waals surface area contributed by atoms with Gasteiger partial charge in [0.1, 0.15) is 0 Å². The van der Waals surface area contributed by atoms with Crippen LogP contribution in [0.15, 0.2) is 36.5 Å². The molecule has 0 fully saturated rings. The van der Waals surface area contributed by atoms with Gasteiger partial charge in [-0.15, -0.1) is 5.10 Å². The van der Waals surface area contributed by atoms with Gasteiger partial charge < -0.3 is 5.32 Å². The Morgan fingerprint density at radius 2 is 1.88 bits per heavy atom. The Balaban J connectivity index is 2.41. The Bertz CT molecular complexity index is 461. The Labute approximate surface area is 102 Å². The van der Waals surface area contributed by atoms with Crippen LogP contribution in [0.5, 0.6) is 0 Å². The van der Waals surface area contributed by atoms with Crippen molar-refractivity contribution in [3.8, 4) is 5.69 Å². The van der Waals surface area contributed by atoms with Gasteiger partial charge in [-0.1, -0.05) is 37.3 Å². The van der Waals surface area contributed by atoms with Gasteiger partial charge in [-0.05, 0) is 25.1 Å². The lowest BCUT2D eigenvalue weighted by Gasteiger charge is -2.20.